The van der Waals surface area contributed by atoms with E-state index in [0.29, 0.717) is 23.3 Å². The molecule has 3 aromatic carbocycles. The Labute approximate surface area is 185 Å². The Morgan fingerprint density at radius 2 is 1.74 bits per heavy atom. The van der Waals surface area contributed by atoms with Crippen LogP contribution in [0.15, 0.2) is 76.0 Å². The molecule has 0 unspecified atom stereocenters. The molecule has 0 radical (unpaired) electrons. The fourth-order valence-electron chi connectivity index (χ4n) is 3.42. The molecule has 0 aliphatic rings. The summed E-state index contributed by atoms with van der Waals surface area (Å²) in [5.41, 5.74) is 2.63. The van der Waals surface area contributed by atoms with Crippen molar-refractivity contribution in [3.05, 3.63) is 94.2 Å². The number of rotatable bonds is 6. The van der Waals surface area contributed by atoms with Crippen LogP contribution in [-0.2, 0) is 16.4 Å². The maximum Gasteiger partial charge on any atom is 0.261 e. The third-order valence-corrected chi connectivity index (χ3v) is 6.72. The largest absolute Gasteiger partial charge is 0.460 e. The molecule has 0 bridgehead atoms. The summed E-state index contributed by atoms with van der Waals surface area (Å²) in [6.45, 7) is 3.80. The van der Waals surface area contributed by atoms with Crippen LogP contribution in [0.3, 0.4) is 0 Å². The second-order valence-electron chi connectivity index (χ2n) is 7.19. The molecule has 0 fully saturated rings. The Bertz CT molecular complexity index is 1390. The van der Waals surface area contributed by atoms with Crippen LogP contribution in [0.4, 0.5) is 5.69 Å². The zero-order chi connectivity index (χ0) is 22.2. The van der Waals surface area contributed by atoms with Crippen molar-refractivity contribution in [2.75, 3.05) is 4.72 Å². The van der Waals surface area contributed by atoms with Crippen molar-refractivity contribution >= 4 is 44.1 Å². The highest BCUT2D eigenvalue weighted by Gasteiger charge is 2.23. The molecule has 0 saturated heterocycles. The zero-order valence-corrected chi connectivity index (χ0v) is 18.5. The van der Waals surface area contributed by atoms with E-state index in [2.05, 4.69) is 4.72 Å². The van der Waals surface area contributed by atoms with Crippen molar-refractivity contribution in [2.24, 2.45) is 0 Å². The van der Waals surface area contributed by atoms with Crippen LogP contribution in [0, 0.1) is 6.92 Å². The van der Waals surface area contributed by atoms with Gasteiger partial charge in [-0.15, -0.1) is 0 Å². The number of aryl methyl sites for hydroxylation is 2. The van der Waals surface area contributed by atoms with E-state index in [4.69, 9.17) is 16.0 Å². The van der Waals surface area contributed by atoms with E-state index in [-0.39, 0.29) is 27.0 Å². The minimum Gasteiger partial charge on any atom is -0.460 e. The zero-order valence-electron chi connectivity index (χ0n) is 17.0. The molecule has 7 heteroatoms. The summed E-state index contributed by atoms with van der Waals surface area (Å²) in [5.74, 6) is 0.325. The van der Waals surface area contributed by atoms with Gasteiger partial charge in [-0.25, -0.2) is 8.42 Å². The Balaban J connectivity index is 1.67. The summed E-state index contributed by atoms with van der Waals surface area (Å²) in [4.78, 5) is 13.4. The number of para-hydroxylation sites is 1. The van der Waals surface area contributed by atoms with Crippen LogP contribution >= 0.6 is 11.6 Å². The molecule has 158 valence electrons. The first-order valence-electron chi connectivity index (χ1n) is 9.74. The Morgan fingerprint density at radius 3 is 2.42 bits per heavy atom. The molecule has 0 atom stereocenters. The van der Waals surface area contributed by atoms with Crippen molar-refractivity contribution in [3.8, 4) is 0 Å². The second-order valence-corrected chi connectivity index (χ2v) is 9.28. The lowest BCUT2D eigenvalue weighted by atomic mass is 9.99. The van der Waals surface area contributed by atoms with Gasteiger partial charge in [0.25, 0.3) is 10.0 Å². The highest BCUT2D eigenvalue weighted by Crippen LogP contribution is 2.31. The third-order valence-electron chi connectivity index (χ3n) is 5.01. The maximum atomic E-state index is 13.3. The van der Waals surface area contributed by atoms with Gasteiger partial charge < -0.3 is 4.42 Å². The highest BCUT2D eigenvalue weighted by atomic mass is 35.5. The minimum absolute atomic E-state index is 0.145. The molecule has 1 aromatic heterocycles. The number of halogens is 1. The average Bonchev–Trinajstić information content (AvgIpc) is 3.12. The van der Waals surface area contributed by atoms with E-state index in [0.717, 1.165) is 10.9 Å². The Kier molecular flexibility index (Phi) is 5.60. The number of hydrogen-bond acceptors (Lipinski definition) is 4. The molecule has 0 spiro atoms. The molecule has 4 aromatic rings. The monoisotopic (exact) mass is 453 g/mol. The average molecular weight is 454 g/mol. The Morgan fingerprint density at radius 1 is 1.03 bits per heavy atom. The number of furan rings is 1. The fourth-order valence-corrected chi connectivity index (χ4v) is 4.74. The van der Waals surface area contributed by atoms with Crippen molar-refractivity contribution in [3.63, 3.8) is 0 Å². The predicted molar refractivity (Wildman–Crippen MR) is 122 cm³/mol. The van der Waals surface area contributed by atoms with E-state index >= 15 is 0 Å². The number of benzene rings is 3. The number of hydrogen-bond donors (Lipinski definition) is 1. The molecular weight excluding hydrogens is 434 g/mol. The number of sulfonamides is 1. The summed E-state index contributed by atoms with van der Waals surface area (Å²) in [6, 6.07) is 18.4. The lowest BCUT2D eigenvalue weighted by molar-refractivity contribution is 0.103. The quantitative estimate of drug-likeness (QED) is 0.364. The number of nitrogens with one attached hydrogen (secondary N) is 1. The topological polar surface area (TPSA) is 76.4 Å². The lowest BCUT2D eigenvalue weighted by Gasteiger charge is -2.10. The van der Waals surface area contributed by atoms with Gasteiger partial charge in [0.15, 0.2) is 5.78 Å². The molecular formula is C24H20ClNO4S. The van der Waals surface area contributed by atoms with Crippen LogP contribution < -0.4 is 4.72 Å². The van der Waals surface area contributed by atoms with Gasteiger partial charge in [-0.3, -0.25) is 9.52 Å². The van der Waals surface area contributed by atoms with Gasteiger partial charge in [0.05, 0.1) is 21.2 Å². The lowest BCUT2D eigenvalue weighted by Crippen LogP contribution is -2.13. The van der Waals surface area contributed by atoms with Gasteiger partial charge in [0.1, 0.15) is 11.3 Å². The summed E-state index contributed by atoms with van der Waals surface area (Å²) in [7, 11) is -3.77. The molecule has 31 heavy (non-hydrogen) atoms. The van der Waals surface area contributed by atoms with Crippen molar-refractivity contribution in [2.45, 2.75) is 25.2 Å². The predicted octanol–water partition coefficient (Wildman–Crippen LogP) is 5.99. The fraction of sp³-hybridized carbons (Fsp3) is 0.125. The summed E-state index contributed by atoms with van der Waals surface area (Å²) < 4.78 is 33.6. The number of ketones is 1. The summed E-state index contributed by atoms with van der Waals surface area (Å²) in [6.07, 6.45) is 0.557. The summed E-state index contributed by atoms with van der Waals surface area (Å²) in [5, 5.41) is 0.881. The normalized spacial score (nSPS) is 11.6. The first-order valence-corrected chi connectivity index (χ1v) is 11.6. The Hall–Kier alpha value is -3.09. The first kappa shape index (κ1) is 21.2. The molecule has 1 N–H and O–H groups in total. The number of carbonyl (C=O) groups excluding carboxylic acids is 1. The second kappa shape index (κ2) is 8.21. The van der Waals surface area contributed by atoms with Crippen molar-refractivity contribution in [1.29, 1.82) is 0 Å². The van der Waals surface area contributed by atoms with E-state index in [1.807, 2.05) is 38.1 Å². The van der Waals surface area contributed by atoms with E-state index in [1.165, 1.54) is 30.3 Å². The number of fused-ring (bicyclic) bond motifs is 1. The third kappa shape index (κ3) is 4.09. The van der Waals surface area contributed by atoms with Crippen LogP contribution in [0.1, 0.15) is 34.2 Å². The smallest absolute Gasteiger partial charge is 0.261 e. The molecule has 4 rings (SSSR count). The minimum atomic E-state index is -3.77. The van der Waals surface area contributed by atoms with Crippen LogP contribution in [-0.4, -0.2) is 14.2 Å². The van der Waals surface area contributed by atoms with Gasteiger partial charge in [0.2, 0.25) is 0 Å². The molecule has 0 aliphatic carbocycles. The van der Waals surface area contributed by atoms with Gasteiger partial charge in [-0.2, -0.15) is 0 Å². The van der Waals surface area contributed by atoms with E-state index in [9.17, 15) is 13.2 Å². The molecule has 1 heterocycles. The summed E-state index contributed by atoms with van der Waals surface area (Å²) >= 11 is 6.40. The van der Waals surface area contributed by atoms with Gasteiger partial charge in [-0.05, 0) is 43.3 Å². The maximum absolute atomic E-state index is 13.3. The van der Waals surface area contributed by atoms with Crippen LogP contribution in [0.25, 0.3) is 11.0 Å². The standard InChI is InChI=1S/C24H20ClNO4S/c1-3-21-23(19-6-4-5-7-22(19)30-21)24(27)18-13-10-16(14-20(18)25)26-31(28,29)17-11-8-15(2)9-12-17/h4-14,26H,3H2,1-2H3. The van der Waals surface area contributed by atoms with Gasteiger partial charge in [-0.1, -0.05) is 54.4 Å². The number of anilines is 1. The van der Waals surface area contributed by atoms with Crippen molar-refractivity contribution < 1.29 is 17.6 Å². The molecule has 0 saturated carbocycles. The van der Waals surface area contributed by atoms with Crippen LogP contribution in [0.5, 0.6) is 0 Å². The van der Waals surface area contributed by atoms with Crippen LogP contribution in [0.2, 0.25) is 5.02 Å². The molecule has 5 nitrogen and oxygen atoms in total. The number of carbonyl (C=O) groups is 1. The first-order chi connectivity index (χ1) is 14.8. The highest BCUT2D eigenvalue weighted by molar-refractivity contribution is 7.92. The van der Waals surface area contributed by atoms with Gasteiger partial charge in [0, 0.05) is 17.4 Å². The van der Waals surface area contributed by atoms with Crippen molar-refractivity contribution in [1.82, 2.24) is 0 Å². The van der Waals surface area contributed by atoms with Gasteiger partial charge >= 0.3 is 0 Å². The van der Waals surface area contributed by atoms with E-state index < -0.39 is 10.0 Å². The molecule has 0 amide bonds. The SMILES string of the molecule is CCc1oc2ccccc2c1C(=O)c1ccc(NS(=O)(=O)c2ccc(C)cc2)cc1Cl. The van der Waals surface area contributed by atoms with E-state index in [1.54, 1.807) is 12.1 Å². The molecule has 0 aliphatic heterocycles.